The summed E-state index contributed by atoms with van der Waals surface area (Å²) in [6.45, 7) is 0.919. The highest BCUT2D eigenvalue weighted by Gasteiger charge is 2.32. The Bertz CT molecular complexity index is 1550. The van der Waals surface area contributed by atoms with Crippen molar-refractivity contribution in [3.8, 4) is 5.75 Å². The highest BCUT2D eigenvalue weighted by Crippen LogP contribution is 2.34. The van der Waals surface area contributed by atoms with Gasteiger partial charge >= 0.3 is 0 Å². The number of hydrogen-bond acceptors (Lipinski definition) is 7. The van der Waals surface area contributed by atoms with Crippen molar-refractivity contribution in [2.24, 2.45) is 0 Å². The summed E-state index contributed by atoms with van der Waals surface area (Å²) in [5.41, 5.74) is 2.69. The Balaban J connectivity index is 1.44. The standard InChI is InChI=1S/C28H24N4O3S2/c1-35-21-12-10-20(11-13-21)18-32-27(34)23(37-28(32)36)17-22-25(29-15-14-19-7-3-2-4-8-19)30-24-9-5-6-16-31(24)26(22)33/h2-13,16-17,29H,14-15,18H2,1H3/b23-17+. The fraction of sp³-hybridized carbons (Fsp3) is 0.143. The van der Waals surface area contributed by atoms with Gasteiger partial charge in [-0.2, -0.15) is 0 Å². The minimum Gasteiger partial charge on any atom is -0.497 e. The van der Waals surface area contributed by atoms with E-state index in [1.807, 2.05) is 48.5 Å². The van der Waals surface area contributed by atoms with E-state index in [1.54, 1.807) is 36.4 Å². The number of hydrogen-bond donors (Lipinski definition) is 1. The molecule has 0 radical (unpaired) electrons. The number of fused-ring (bicyclic) bond motifs is 1. The number of carbonyl (C=O) groups excluding carboxylic acids is 1. The molecule has 3 heterocycles. The molecular formula is C28H24N4O3S2. The Morgan fingerprint density at radius 2 is 1.76 bits per heavy atom. The molecule has 1 fully saturated rings. The molecule has 9 heteroatoms. The minimum atomic E-state index is -0.256. The lowest BCUT2D eigenvalue weighted by Crippen LogP contribution is -2.27. The third-order valence-electron chi connectivity index (χ3n) is 5.97. The second kappa shape index (κ2) is 11.0. The first-order valence-corrected chi connectivity index (χ1v) is 12.9. The van der Waals surface area contributed by atoms with Gasteiger partial charge in [0.2, 0.25) is 0 Å². The van der Waals surface area contributed by atoms with E-state index in [0.717, 1.165) is 17.7 Å². The van der Waals surface area contributed by atoms with Gasteiger partial charge in [0.05, 0.1) is 24.1 Å². The second-order valence-corrected chi connectivity index (χ2v) is 10.1. The molecule has 0 spiro atoms. The Morgan fingerprint density at radius 1 is 1.00 bits per heavy atom. The molecule has 1 amide bonds. The molecule has 0 aliphatic carbocycles. The fourth-order valence-electron chi connectivity index (χ4n) is 4.02. The highest BCUT2D eigenvalue weighted by molar-refractivity contribution is 8.26. The summed E-state index contributed by atoms with van der Waals surface area (Å²) in [6, 6.07) is 23.0. The summed E-state index contributed by atoms with van der Waals surface area (Å²) >= 11 is 6.70. The topological polar surface area (TPSA) is 75.9 Å². The van der Waals surface area contributed by atoms with Gasteiger partial charge in [-0.1, -0.05) is 72.5 Å². The van der Waals surface area contributed by atoms with Gasteiger partial charge in [-0.15, -0.1) is 0 Å². The van der Waals surface area contributed by atoms with Crippen LogP contribution >= 0.6 is 24.0 Å². The zero-order chi connectivity index (χ0) is 25.8. The van der Waals surface area contributed by atoms with E-state index >= 15 is 0 Å². The van der Waals surface area contributed by atoms with Gasteiger partial charge in [-0.3, -0.25) is 18.9 Å². The molecule has 0 atom stereocenters. The van der Waals surface area contributed by atoms with Gasteiger partial charge < -0.3 is 10.1 Å². The van der Waals surface area contributed by atoms with Crippen molar-refractivity contribution >= 4 is 51.7 Å². The van der Waals surface area contributed by atoms with E-state index in [-0.39, 0.29) is 11.5 Å². The first kappa shape index (κ1) is 24.7. The number of carbonyl (C=O) groups is 1. The molecule has 4 aromatic rings. The number of thiocarbonyl (C=S) groups is 1. The van der Waals surface area contributed by atoms with Crippen molar-refractivity contribution in [2.75, 3.05) is 19.0 Å². The number of thioether (sulfide) groups is 1. The predicted molar refractivity (Wildman–Crippen MR) is 152 cm³/mol. The lowest BCUT2D eigenvalue weighted by Gasteiger charge is -2.14. The predicted octanol–water partition coefficient (Wildman–Crippen LogP) is 4.76. The van der Waals surface area contributed by atoms with Gasteiger partial charge in [0.15, 0.2) is 0 Å². The number of nitrogens with zero attached hydrogens (tertiary/aromatic N) is 3. The van der Waals surface area contributed by atoms with Crippen LogP contribution in [-0.2, 0) is 17.8 Å². The van der Waals surface area contributed by atoms with Crippen LogP contribution in [0.2, 0.25) is 0 Å². The third-order valence-corrected chi connectivity index (χ3v) is 7.34. The Kier molecular flexibility index (Phi) is 7.34. The zero-order valence-electron chi connectivity index (χ0n) is 20.1. The fourth-order valence-corrected chi connectivity index (χ4v) is 5.26. The molecule has 186 valence electrons. The van der Waals surface area contributed by atoms with Crippen molar-refractivity contribution in [2.45, 2.75) is 13.0 Å². The number of nitrogens with one attached hydrogen (secondary N) is 1. The zero-order valence-corrected chi connectivity index (χ0v) is 21.7. The number of ether oxygens (including phenoxy) is 1. The molecule has 7 nitrogen and oxygen atoms in total. The maximum atomic E-state index is 13.5. The van der Waals surface area contributed by atoms with E-state index in [1.165, 1.54) is 21.7 Å². The number of anilines is 1. The number of methoxy groups -OCH3 is 1. The molecule has 1 N–H and O–H groups in total. The molecule has 1 aliphatic rings. The number of amides is 1. The van der Waals surface area contributed by atoms with Crippen LogP contribution in [0.25, 0.3) is 11.7 Å². The third kappa shape index (κ3) is 5.42. The molecule has 0 unspecified atom stereocenters. The van der Waals surface area contributed by atoms with Crippen LogP contribution in [0.5, 0.6) is 5.75 Å². The van der Waals surface area contributed by atoms with Gasteiger partial charge in [0, 0.05) is 12.7 Å². The average molecular weight is 529 g/mol. The second-order valence-electron chi connectivity index (χ2n) is 8.39. The maximum absolute atomic E-state index is 13.5. The van der Waals surface area contributed by atoms with Gasteiger partial charge in [-0.25, -0.2) is 4.98 Å². The summed E-state index contributed by atoms with van der Waals surface area (Å²) in [5, 5.41) is 3.31. The first-order valence-electron chi connectivity index (χ1n) is 11.7. The maximum Gasteiger partial charge on any atom is 0.267 e. The lowest BCUT2D eigenvalue weighted by molar-refractivity contribution is -0.122. The summed E-state index contributed by atoms with van der Waals surface area (Å²) < 4.78 is 7.13. The van der Waals surface area contributed by atoms with Crippen molar-refractivity contribution in [3.63, 3.8) is 0 Å². The molecule has 5 rings (SSSR count). The molecule has 1 aliphatic heterocycles. The quantitative estimate of drug-likeness (QED) is 0.261. The van der Waals surface area contributed by atoms with E-state index in [2.05, 4.69) is 22.4 Å². The van der Waals surface area contributed by atoms with Crippen molar-refractivity contribution < 1.29 is 9.53 Å². The highest BCUT2D eigenvalue weighted by atomic mass is 32.2. The normalized spacial score (nSPS) is 14.5. The Morgan fingerprint density at radius 3 is 2.51 bits per heavy atom. The monoisotopic (exact) mass is 528 g/mol. The molecule has 1 saturated heterocycles. The van der Waals surface area contributed by atoms with Crippen LogP contribution in [0.3, 0.4) is 0 Å². The van der Waals surface area contributed by atoms with Gasteiger partial charge in [0.25, 0.3) is 11.5 Å². The van der Waals surface area contributed by atoms with E-state index < -0.39 is 0 Å². The van der Waals surface area contributed by atoms with E-state index in [0.29, 0.717) is 39.3 Å². The molecular weight excluding hydrogens is 504 g/mol. The van der Waals surface area contributed by atoms with Crippen LogP contribution in [0, 0.1) is 0 Å². The van der Waals surface area contributed by atoms with Gasteiger partial charge in [0.1, 0.15) is 21.5 Å². The lowest BCUT2D eigenvalue weighted by atomic mass is 10.1. The smallest absolute Gasteiger partial charge is 0.267 e. The SMILES string of the molecule is COc1ccc(CN2C(=O)/C(=C\c3c(NCCc4ccccc4)nc4ccccn4c3=O)SC2=S)cc1. The summed E-state index contributed by atoms with van der Waals surface area (Å²) in [4.78, 5) is 33.4. The Hall–Kier alpha value is -3.95. The first-order chi connectivity index (χ1) is 18.0. The Labute approximate surface area is 223 Å². The van der Waals surface area contributed by atoms with Gasteiger partial charge in [-0.05, 0) is 47.9 Å². The molecule has 2 aromatic carbocycles. The van der Waals surface area contributed by atoms with Crippen molar-refractivity contribution in [1.82, 2.24) is 14.3 Å². The van der Waals surface area contributed by atoms with E-state index in [9.17, 15) is 9.59 Å². The van der Waals surface area contributed by atoms with Crippen LogP contribution in [0.15, 0.2) is 88.7 Å². The summed E-state index contributed by atoms with van der Waals surface area (Å²) in [5.74, 6) is 0.941. The number of aromatic nitrogens is 2. The van der Waals surface area contributed by atoms with Crippen LogP contribution < -0.4 is 15.6 Å². The van der Waals surface area contributed by atoms with E-state index in [4.69, 9.17) is 17.0 Å². The molecule has 0 saturated carbocycles. The number of benzene rings is 2. The van der Waals surface area contributed by atoms with Crippen LogP contribution in [-0.4, -0.2) is 38.2 Å². The minimum absolute atomic E-state index is 0.237. The molecule has 2 aromatic heterocycles. The largest absolute Gasteiger partial charge is 0.497 e. The van der Waals surface area contributed by atoms with Crippen molar-refractivity contribution in [3.05, 3.63) is 111 Å². The van der Waals surface area contributed by atoms with Crippen molar-refractivity contribution in [1.29, 1.82) is 0 Å². The summed E-state index contributed by atoms with van der Waals surface area (Å²) in [6.07, 6.45) is 4.04. The molecule has 0 bridgehead atoms. The summed E-state index contributed by atoms with van der Waals surface area (Å²) in [7, 11) is 1.61. The van der Waals surface area contributed by atoms with Crippen LogP contribution in [0.4, 0.5) is 5.82 Å². The van der Waals surface area contributed by atoms with Crippen LogP contribution in [0.1, 0.15) is 16.7 Å². The number of rotatable bonds is 8. The number of pyridine rings is 1. The average Bonchev–Trinajstić information content (AvgIpc) is 3.19. The molecule has 37 heavy (non-hydrogen) atoms.